The number of benzene rings is 2. The van der Waals surface area contributed by atoms with E-state index in [0.717, 1.165) is 31.2 Å². The second-order valence-corrected chi connectivity index (χ2v) is 11.5. The first-order chi connectivity index (χ1) is 17.8. The quantitative estimate of drug-likeness (QED) is 0.293. The van der Waals surface area contributed by atoms with E-state index in [-0.39, 0.29) is 23.5 Å². The van der Waals surface area contributed by atoms with Crippen LogP contribution in [-0.4, -0.2) is 40.8 Å². The highest BCUT2D eigenvalue weighted by Gasteiger charge is 2.32. The van der Waals surface area contributed by atoms with Gasteiger partial charge < -0.3 is 20.3 Å². The molecule has 0 saturated carbocycles. The van der Waals surface area contributed by atoms with Crippen molar-refractivity contribution in [1.29, 1.82) is 0 Å². The number of aliphatic hydroxyl groups excluding tert-OH is 1. The molecule has 2 aromatic rings. The number of nitrogens with one attached hydrogen (secondary N) is 1. The monoisotopic (exact) mass is 525 g/mol. The Labute approximate surface area is 228 Å². The normalized spacial score (nSPS) is 13.6. The van der Waals surface area contributed by atoms with Crippen LogP contribution in [0.2, 0.25) is 0 Å². The standard InChI is InChI=1S/C32H47NO5/c1-9-26(30(36)37)33-29(35)20-38-27-16-15-25(19-22(27)5)32(10-2,11-3)24-14-12-23(21(4)18-24)13-17-28(34)31(6,7)8/h12,14-16,18-19,26,28,34H,9-11,13,17,20H2,1-8H3,(H,33,35)(H,36,37)/t26-,28?/m0/s1. The van der Waals surface area contributed by atoms with Gasteiger partial charge in [0.2, 0.25) is 0 Å². The highest BCUT2D eigenvalue weighted by atomic mass is 16.5. The number of carboxylic acid groups (broad SMARTS) is 1. The van der Waals surface area contributed by atoms with Gasteiger partial charge in [-0.25, -0.2) is 4.79 Å². The molecule has 6 heteroatoms. The maximum absolute atomic E-state index is 12.2. The largest absolute Gasteiger partial charge is 0.484 e. The van der Waals surface area contributed by atoms with Crippen molar-refractivity contribution in [3.8, 4) is 5.75 Å². The van der Waals surface area contributed by atoms with Crippen LogP contribution >= 0.6 is 0 Å². The molecule has 0 radical (unpaired) electrons. The van der Waals surface area contributed by atoms with Crippen molar-refractivity contribution in [2.24, 2.45) is 5.41 Å². The molecule has 0 aliphatic carbocycles. The van der Waals surface area contributed by atoms with Gasteiger partial charge in [0.15, 0.2) is 6.61 Å². The average molecular weight is 526 g/mol. The number of amides is 1. The second-order valence-electron chi connectivity index (χ2n) is 11.5. The number of aliphatic carboxylic acids is 1. The lowest BCUT2D eigenvalue weighted by Crippen LogP contribution is -2.42. The molecule has 0 spiro atoms. The van der Waals surface area contributed by atoms with Crippen molar-refractivity contribution in [2.75, 3.05) is 6.61 Å². The Kier molecular flexibility index (Phi) is 11.0. The molecule has 6 nitrogen and oxygen atoms in total. The first kappa shape index (κ1) is 31.4. The summed E-state index contributed by atoms with van der Waals surface area (Å²) in [4.78, 5) is 23.4. The molecule has 3 N–H and O–H groups in total. The lowest BCUT2D eigenvalue weighted by atomic mass is 9.69. The van der Waals surface area contributed by atoms with Gasteiger partial charge in [0.1, 0.15) is 11.8 Å². The number of hydrogen-bond donors (Lipinski definition) is 3. The number of carbonyl (C=O) groups is 2. The van der Waals surface area contributed by atoms with E-state index >= 15 is 0 Å². The molecule has 0 aromatic heterocycles. The molecule has 0 saturated heterocycles. The summed E-state index contributed by atoms with van der Waals surface area (Å²) < 4.78 is 5.74. The fourth-order valence-electron chi connectivity index (χ4n) is 5.06. The molecule has 2 atom stereocenters. The summed E-state index contributed by atoms with van der Waals surface area (Å²) in [6.45, 7) is 16.2. The lowest BCUT2D eigenvalue weighted by Gasteiger charge is -2.34. The van der Waals surface area contributed by atoms with Crippen LogP contribution < -0.4 is 10.1 Å². The van der Waals surface area contributed by atoms with E-state index in [2.05, 4.69) is 77.2 Å². The van der Waals surface area contributed by atoms with E-state index in [1.165, 1.54) is 22.3 Å². The van der Waals surface area contributed by atoms with Crippen LogP contribution in [0.5, 0.6) is 5.75 Å². The summed E-state index contributed by atoms with van der Waals surface area (Å²) >= 11 is 0. The number of carboxylic acids is 1. The summed E-state index contributed by atoms with van der Waals surface area (Å²) in [5.74, 6) is -0.898. The Morgan fingerprint density at radius 1 is 0.947 bits per heavy atom. The van der Waals surface area contributed by atoms with Crippen molar-refractivity contribution in [3.63, 3.8) is 0 Å². The Morgan fingerprint density at radius 3 is 2.00 bits per heavy atom. The van der Waals surface area contributed by atoms with Gasteiger partial charge in [-0.05, 0) is 85.3 Å². The zero-order valence-corrected chi connectivity index (χ0v) is 24.5. The zero-order chi connectivity index (χ0) is 28.7. The van der Waals surface area contributed by atoms with E-state index < -0.39 is 17.9 Å². The van der Waals surface area contributed by atoms with E-state index in [9.17, 15) is 14.7 Å². The number of carbonyl (C=O) groups excluding carboxylic acids is 1. The van der Waals surface area contributed by atoms with Crippen LogP contribution in [-0.2, 0) is 21.4 Å². The predicted octanol–water partition coefficient (Wildman–Crippen LogP) is 6.11. The molecule has 38 heavy (non-hydrogen) atoms. The molecule has 0 aliphatic heterocycles. The molecule has 2 aromatic carbocycles. The summed E-state index contributed by atoms with van der Waals surface area (Å²) in [5, 5.41) is 22.1. The van der Waals surface area contributed by atoms with Crippen LogP contribution in [0.3, 0.4) is 0 Å². The Morgan fingerprint density at radius 2 is 1.53 bits per heavy atom. The van der Waals surface area contributed by atoms with Crippen molar-refractivity contribution in [3.05, 3.63) is 64.2 Å². The molecular formula is C32H47NO5. The van der Waals surface area contributed by atoms with E-state index in [4.69, 9.17) is 9.84 Å². The molecule has 1 amide bonds. The van der Waals surface area contributed by atoms with Crippen LogP contribution in [0.4, 0.5) is 0 Å². The minimum Gasteiger partial charge on any atom is -0.484 e. The maximum Gasteiger partial charge on any atom is 0.326 e. The van der Waals surface area contributed by atoms with Gasteiger partial charge in [0, 0.05) is 5.41 Å². The molecular weight excluding hydrogens is 478 g/mol. The highest BCUT2D eigenvalue weighted by Crippen LogP contribution is 2.41. The van der Waals surface area contributed by atoms with Crippen LogP contribution in [0, 0.1) is 19.3 Å². The van der Waals surface area contributed by atoms with Crippen LogP contribution in [0.25, 0.3) is 0 Å². The minimum absolute atomic E-state index is 0.124. The third-order valence-corrected chi connectivity index (χ3v) is 7.92. The molecule has 0 aliphatic rings. The van der Waals surface area contributed by atoms with E-state index in [0.29, 0.717) is 12.2 Å². The fraction of sp³-hybridized carbons (Fsp3) is 0.562. The van der Waals surface area contributed by atoms with Gasteiger partial charge in [-0.15, -0.1) is 0 Å². The van der Waals surface area contributed by atoms with Crippen LogP contribution in [0.1, 0.15) is 95.0 Å². The van der Waals surface area contributed by atoms with E-state index in [1.807, 2.05) is 13.0 Å². The summed E-state index contributed by atoms with van der Waals surface area (Å²) in [7, 11) is 0. The highest BCUT2D eigenvalue weighted by molar-refractivity contribution is 5.84. The van der Waals surface area contributed by atoms with Crippen LogP contribution in [0.15, 0.2) is 36.4 Å². The fourth-order valence-corrected chi connectivity index (χ4v) is 5.06. The van der Waals surface area contributed by atoms with Gasteiger partial charge in [0.25, 0.3) is 5.91 Å². The predicted molar refractivity (Wildman–Crippen MR) is 153 cm³/mol. The number of aliphatic hydroxyl groups is 1. The number of rotatable bonds is 13. The Hall–Kier alpha value is -2.86. The van der Waals surface area contributed by atoms with Gasteiger partial charge in [0.05, 0.1) is 6.10 Å². The minimum atomic E-state index is -1.05. The average Bonchev–Trinajstić information content (AvgIpc) is 2.86. The van der Waals surface area contributed by atoms with Crippen molar-refractivity contribution < 1.29 is 24.5 Å². The number of hydrogen-bond acceptors (Lipinski definition) is 4. The van der Waals surface area contributed by atoms with E-state index in [1.54, 1.807) is 6.92 Å². The number of aryl methyl sites for hydroxylation is 3. The third kappa shape index (κ3) is 7.59. The summed E-state index contributed by atoms with van der Waals surface area (Å²) in [6.07, 6.45) is 3.42. The smallest absolute Gasteiger partial charge is 0.326 e. The van der Waals surface area contributed by atoms with Gasteiger partial charge >= 0.3 is 5.97 Å². The Bertz CT molecular complexity index is 1100. The van der Waals surface area contributed by atoms with Crippen molar-refractivity contribution in [1.82, 2.24) is 5.32 Å². The molecule has 2 rings (SSSR count). The van der Waals surface area contributed by atoms with Gasteiger partial charge in [-0.3, -0.25) is 4.79 Å². The number of ether oxygens (including phenoxy) is 1. The summed E-state index contributed by atoms with van der Waals surface area (Å²) in [5.41, 5.74) is 5.62. The topological polar surface area (TPSA) is 95.9 Å². The van der Waals surface area contributed by atoms with Crippen molar-refractivity contribution >= 4 is 11.9 Å². The molecule has 210 valence electrons. The van der Waals surface area contributed by atoms with Crippen molar-refractivity contribution in [2.45, 2.75) is 105 Å². The second kappa shape index (κ2) is 13.3. The Balaban J connectivity index is 2.23. The lowest BCUT2D eigenvalue weighted by molar-refractivity contribution is -0.142. The molecule has 0 fully saturated rings. The first-order valence-electron chi connectivity index (χ1n) is 13.8. The molecule has 1 unspecified atom stereocenters. The molecule has 0 bridgehead atoms. The summed E-state index contributed by atoms with van der Waals surface area (Å²) in [6, 6.07) is 11.9. The third-order valence-electron chi connectivity index (χ3n) is 7.92. The maximum atomic E-state index is 12.2. The SMILES string of the molecule is CC[C@H](NC(=O)COc1ccc(C(CC)(CC)c2ccc(CCC(O)C(C)(C)C)c(C)c2)cc1C)C(=O)O. The first-order valence-corrected chi connectivity index (χ1v) is 13.8. The van der Waals surface area contributed by atoms with Gasteiger partial charge in [-0.1, -0.05) is 71.9 Å². The van der Waals surface area contributed by atoms with Gasteiger partial charge in [-0.2, -0.15) is 0 Å². The molecule has 0 heterocycles. The zero-order valence-electron chi connectivity index (χ0n) is 24.5.